The van der Waals surface area contributed by atoms with E-state index in [0.29, 0.717) is 35.4 Å². The fourth-order valence-electron chi connectivity index (χ4n) is 2.87. The third-order valence-corrected chi connectivity index (χ3v) is 4.47. The number of benzene rings is 1. The van der Waals surface area contributed by atoms with Crippen molar-refractivity contribution in [1.82, 2.24) is 9.97 Å². The Morgan fingerprint density at radius 3 is 2.44 bits per heavy atom. The summed E-state index contributed by atoms with van der Waals surface area (Å²) in [6, 6.07) is 17.7. The molecule has 4 aromatic rings. The number of aromatic nitrogens is 2. The Hall–Kier alpha value is -4.33. The van der Waals surface area contributed by atoms with Crippen LogP contribution >= 0.6 is 0 Å². The van der Waals surface area contributed by atoms with E-state index in [9.17, 15) is 4.79 Å². The predicted molar refractivity (Wildman–Crippen MR) is 117 cm³/mol. The van der Waals surface area contributed by atoms with Crippen LogP contribution in [0, 0.1) is 0 Å². The topological polar surface area (TPSA) is 95.7 Å². The molecular formula is C24H21N3O5. The monoisotopic (exact) mass is 431 g/mol. The van der Waals surface area contributed by atoms with Gasteiger partial charge in [-0.05, 0) is 54.1 Å². The second kappa shape index (κ2) is 10.1. The average molecular weight is 431 g/mol. The minimum Gasteiger partial charge on any atom is -0.493 e. The van der Waals surface area contributed by atoms with Crippen LogP contribution in [-0.2, 0) is 13.2 Å². The molecule has 0 unspecified atom stereocenters. The van der Waals surface area contributed by atoms with E-state index in [0.717, 1.165) is 5.56 Å². The Morgan fingerprint density at radius 2 is 1.62 bits per heavy atom. The van der Waals surface area contributed by atoms with E-state index in [2.05, 4.69) is 15.3 Å². The molecule has 8 nitrogen and oxygen atoms in total. The van der Waals surface area contributed by atoms with Crippen molar-refractivity contribution in [3.8, 4) is 17.2 Å². The number of nitrogens with zero attached hydrogens (tertiary/aromatic N) is 2. The number of carbonyl (C=O) groups excluding carboxylic acids is 1. The van der Waals surface area contributed by atoms with E-state index in [-0.39, 0.29) is 12.4 Å². The van der Waals surface area contributed by atoms with E-state index < -0.39 is 5.91 Å². The van der Waals surface area contributed by atoms with E-state index in [4.69, 9.17) is 18.6 Å². The fourth-order valence-corrected chi connectivity index (χ4v) is 2.87. The minimum absolute atomic E-state index is 0.134. The number of hydrogen-bond acceptors (Lipinski definition) is 7. The molecule has 1 aromatic carbocycles. The molecule has 0 bridgehead atoms. The number of pyridine rings is 2. The Bertz CT molecular complexity index is 1180. The Kier molecular flexibility index (Phi) is 6.62. The maximum Gasteiger partial charge on any atom is 0.292 e. The Morgan fingerprint density at radius 1 is 0.875 bits per heavy atom. The standard InChI is InChI=1S/C24H21N3O5/c1-29-19-5-2-3-6-20(19)31-16-18-8-9-22(32-18)24(28)27-23-21(7-4-12-26-23)30-15-17-10-13-25-14-11-17/h2-14H,15-16H2,1H3,(H,26,27,28). The van der Waals surface area contributed by atoms with Gasteiger partial charge in [-0.25, -0.2) is 4.98 Å². The highest BCUT2D eigenvalue weighted by Gasteiger charge is 2.15. The summed E-state index contributed by atoms with van der Waals surface area (Å²) in [7, 11) is 1.57. The van der Waals surface area contributed by atoms with Crippen molar-refractivity contribution in [3.05, 3.63) is 96.3 Å². The van der Waals surface area contributed by atoms with Gasteiger partial charge < -0.3 is 23.9 Å². The summed E-state index contributed by atoms with van der Waals surface area (Å²) in [5, 5.41) is 2.73. The molecule has 0 aliphatic rings. The first kappa shape index (κ1) is 20.9. The Balaban J connectivity index is 1.38. The number of amides is 1. The van der Waals surface area contributed by atoms with Crippen molar-refractivity contribution in [2.75, 3.05) is 12.4 Å². The lowest BCUT2D eigenvalue weighted by Gasteiger charge is -2.11. The summed E-state index contributed by atoms with van der Waals surface area (Å²) in [6.45, 7) is 0.472. The summed E-state index contributed by atoms with van der Waals surface area (Å²) in [5.74, 6) is 2.14. The van der Waals surface area contributed by atoms with Crippen molar-refractivity contribution >= 4 is 11.7 Å². The molecule has 3 heterocycles. The lowest BCUT2D eigenvalue weighted by atomic mass is 10.3. The smallest absolute Gasteiger partial charge is 0.292 e. The van der Waals surface area contributed by atoms with Crippen molar-refractivity contribution in [3.63, 3.8) is 0 Å². The zero-order valence-electron chi connectivity index (χ0n) is 17.4. The highest BCUT2D eigenvalue weighted by molar-refractivity contribution is 6.02. The van der Waals surface area contributed by atoms with Gasteiger partial charge in [-0.1, -0.05) is 12.1 Å². The normalized spacial score (nSPS) is 10.4. The van der Waals surface area contributed by atoms with Gasteiger partial charge in [0.2, 0.25) is 0 Å². The van der Waals surface area contributed by atoms with E-state index in [1.54, 1.807) is 62.1 Å². The van der Waals surface area contributed by atoms with Gasteiger partial charge in [0.1, 0.15) is 19.0 Å². The number of furan rings is 1. The van der Waals surface area contributed by atoms with Crippen molar-refractivity contribution < 1.29 is 23.4 Å². The molecule has 0 atom stereocenters. The van der Waals surface area contributed by atoms with Crippen LogP contribution in [0.2, 0.25) is 0 Å². The van der Waals surface area contributed by atoms with Crippen LogP contribution in [0.4, 0.5) is 5.82 Å². The number of rotatable bonds is 9. The van der Waals surface area contributed by atoms with Gasteiger partial charge in [0.25, 0.3) is 5.91 Å². The number of carbonyl (C=O) groups is 1. The summed E-state index contributed by atoms with van der Waals surface area (Å²) in [6.07, 6.45) is 4.96. The first-order chi connectivity index (χ1) is 15.7. The zero-order chi connectivity index (χ0) is 22.2. The number of ether oxygens (including phenoxy) is 3. The molecule has 0 saturated carbocycles. The van der Waals surface area contributed by atoms with Crippen LogP contribution in [0.3, 0.4) is 0 Å². The molecule has 3 aromatic heterocycles. The fraction of sp³-hybridized carbons (Fsp3) is 0.125. The third-order valence-electron chi connectivity index (χ3n) is 4.47. The number of hydrogen-bond donors (Lipinski definition) is 1. The first-order valence-corrected chi connectivity index (χ1v) is 9.85. The zero-order valence-corrected chi connectivity index (χ0v) is 17.4. The molecule has 0 spiro atoms. The van der Waals surface area contributed by atoms with Gasteiger partial charge in [-0.15, -0.1) is 0 Å². The average Bonchev–Trinajstić information content (AvgIpc) is 3.32. The Labute approximate surface area is 184 Å². The SMILES string of the molecule is COc1ccccc1OCc1ccc(C(=O)Nc2ncccc2OCc2ccncc2)o1. The van der Waals surface area contributed by atoms with Gasteiger partial charge in [-0.3, -0.25) is 9.78 Å². The predicted octanol–water partition coefficient (Wildman–Crippen LogP) is 4.49. The molecule has 0 radical (unpaired) electrons. The summed E-state index contributed by atoms with van der Waals surface area (Å²) in [4.78, 5) is 20.8. The minimum atomic E-state index is -0.444. The van der Waals surface area contributed by atoms with Crippen molar-refractivity contribution in [2.45, 2.75) is 13.2 Å². The molecule has 162 valence electrons. The number of methoxy groups -OCH3 is 1. The first-order valence-electron chi connectivity index (χ1n) is 9.85. The number of nitrogens with one attached hydrogen (secondary N) is 1. The molecule has 1 N–H and O–H groups in total. The van der Waals surface area contributed by atoms with Crippen LogP contribution in [0.1, 0.15) is 21.9 Å². The highest BCUT2D eigenvalue weighted by Crippen LogP contribution is 2.27. The lowest BCUT2D eigenvalue weighted by molar-refractivity contribution is 0.0991. The number of anilines is 1. The maximum atomic E-state index is 12.7. The van der Waals surface area contributed by atoms with Crippen LogP contribution in [0.15, 0.2) is 83.7 Å². The molecule has 0 aliphatic carbocycles. The molecule has 0 saturated heterocycles. The molecular weight excluding hydrogens is 410 g/mol. The molecule has 8 heteroatoms. The highest BCUT2D eigenvalue weighted by atomic mass is 16.5. The summed E-state index contributed by atoms with van der Waals surface area (Å²) in [5.41, 5.74) is 0.951. The van der Waals surface area contributed by atoms with E-state index in [1.165, 1.54) is 0 Å². The van der Waals surface area contributed by atoms with E-state index in [1.807, 2.05) is 24.3 Å². The van der Waals surface area contributed by atoms with Crippen LogP contribution in [0.5, 0.6) is 17.2 Å². The van der Waals surface area contributed by atoms with E-state index >= 15 is 0 Å². The molecule has 32 heavy (non-hydrogen) atoms. The molecule has 1 amide bonds. The lowest BCUT2D eigenvalue weighted by Crippen LogP contribution is -2.13. The molecule has 0 aliphatic heterocycles. The summed E-state index contributed by atoms with van der Waals surface area (Å²) >= 11 is 0. The second-order valence-electron chi connectivity index (χ2n) is 6.65. The van der Waals surface area contributed by atoms with Crippen LogP contribution in [0.25, 0.3) is 0 Å². The van der Waals surface area contributed by atoms with Gasteiger partial charge >= 0.3 is 0 Å². The molecule has 4 rings (SSSR count). The van der Waals surface area contributed by atoms with Gasteiger partial charge in [0, 0.05) is 18.6 Å². The quantitative estimate of drug-likeness (QED) is 0.417. The van der Waals surface area contributed by atoms with Crippen molar-refractivity contribution in [1.29, 1.82) is 0 Å². The van der Waals surface area contributed by atoms with Gasteiger partial charge in [0.05, 0.1) is 7.11 Å². The number of para-hydroxylation sites is 2. The third kappa shape index (κ3) is 5.23. The van der Waals surface area contributed by atoms with Crippen LogP contribution in [-0.4, -0.2) is 23.0 Å². The van der Waals surface area contributed by atoms with Crippen LogP contribution < -0.4 is 19.5 Å². The van der Waals surface area contributed by atoms with Crippen molar-refractivity contribution in [2.24, 2.45) is 0 Å². The molecule has 0 fully saturated rings. The van der Waals surface area contributed by atoms with Gasteiger partial charge in [-0.2, -0.15) is 0 Å². The largest absolute Gasteiger partial charge is 0.493 e. The maximum absolute atomic E-state index is 12.7. The van der Waals surface area contributed by atoms with Gasteiger partial charge in [0.15, 0.2) is 28.8 Å². The second-order valence-corrected chi connectivity index (χ2v) is 6.65. The summed E-state index contributed by atoms with van der Waals surface area (Å²) < 4.78 is 22.4.